The Kier molecular flexibility index (Phi) is 3.48. The van der Waals surface area contributed by atoms with E-state index in [-0.39, 0.29) is 0 Å². The number of benzene rings is 1. The van der Waals surface area contributed by atoms with E-state index in [4.69, 9.17) is 5.11 Å². The minimum Gasteiger partial charge on any atom is -0.480 e. The minimum absolute atomic E-state index is 0.492. The lowest BCUT2D eigenvalue weighted by Gasteiger charge is -2.07. The van der Waals surface area contributed by atoms with Gasteiger partial charge in [-0.25, -0.2) is 0 Å². The normalized spacial score (nSPS) is 12.5. The van der Waals surface area contributed by atoms with Crippen LogP contribution in [0.1, 0.15) is 11.1 Å². The van der Waals surface area contributed by atoms with Gasteiger partial charge in [0, 0.05) is 0 Å². The summed E-state index contributed by atoms with van der Waals surface area (Å²) in [6.45, 7) is 1.98. The number of hydrogen-bond acceptors (Lipinski definition) is 1. The lowest BCUT2D eigenvalue weighted by molar-refractivity contribution is -0.136. The van der Waals surface area contributed by atoms with Crippen molar-refractivity contribution in [1.29, 1.82) is 0 Å². The van der Waals surface area contributed by atoms with E-state index in [1.807, 2.05) is 31.2 Å². The second kappa shape index (κ2) is 4.42. The largest absolute Gasteiger partial charge is 0.480 e. The Hall–Kier alpha value is -0.830. The average Bonchev–Trinajstić information content (AvgIpc) is 2.08. The molecule has 0 fully saturated rings. The van der Waals surface area contributed by atoms with Crippen molar-refractivity contribution in [3.05, 3.63) is 35.4 Å². The van der Waals surface area contributed by atoms with Gasteiger partial charge in [-0.2, -0.15) is 0 Å². The maximum Gasteiger partial charge on any atom is 0.317 e. The summed E-state index contributed by atoms with van der Waals surface area (Å²) in [7, 11) is 0. The predicted molar refractivity (Wildman–Crippen MR) is 55.2 cm³/mol. The van der Waals surface area contributed by atoms with Crippen molar-refractivity contribution < 1.29 is 9.90 Å². The lowest BCUT2D eigenvalue weighted by Crippen LogP contribution is -2.15. The monoisotopic (exact) mass is 242 g/mol. The maximum atomic E-state index is 10.6. The van der Waals surface area contributed by atoms with Gasteiger partial charge in [-0.3, -0.25) is 4.79 Å². The van der Waals surface area contributed by atoms with Crippen LogP contribution in [0.2, 0.25) is 0 Å². The predicted octanol–water partition coefficient (Wildman–Crippen LogP) is 2.39. The molecule has 0 amide bonds. The molecule has 1 N–H and O–H groups in total. The summed E-state index contributed by atoms with van der Waals surface area (Å²) in [6.07, 6.45) is 0.530. The molecule has 0 spiro atoms. The number of carbonyl (C=O) groups is 1. The third-order valence-corrected chi connectivity index (χ3v) is 2.64. The molecule has 0 aliphatic carbocycles. The number of carboxylic acids is 1. The van der Waals surface area contributed by atoms with Crippen molar-refractivity contribution in [3.8, 4) is 0 Å². The van der Waals surface area contributed by atoms with E-state index in [2.05, 4.69) is 15.9 Å². The van der Waals surface area contributed by atoms with Crippen LogP contribution in [0.25, 0.3) is 0 Å². The van der Waals surface area contributed by atoms with Gasteiger partial charge in [-0.1, -0.05) is 40.2 Å². The number of aliphatic carboxylic acids is 1. The van der Waals surface area contributed by atoms with Crippen molar-refractivity contribution in [1.82, 2.24) is 0 Å². The van der Waals surface area contributed by atoms with Gasteiger partial charge in [0.05, 0.1) is 0 Å². The first-order valence-electron chi connectivity index (χ1n) is 4.02. The van der Waals surface area contributed by atoms with Crippen LogP contribution in [0, 0.1) is 6.92 Å². The molecular formula is C10H11BrO2. The number of hydrogen-bond donors (Lipinski definition) is 1. The average molecular weight is 243 g/mol. The van der Waals surface area contributed by atoms with Crippen molar-refractivity contribution in [3.63, 3.8) is 0 Å². The van der Waals surface area contributed by atoms with Crippen LogP contribution in [0.5, 0.6) is 0 Å². The third-order valence-electron chi connectivity index (χ3n) is 1.93. The van der Waals surface area contributed by atoms with Crippen molar-refractivity contribution >= 4 is 21.9 Å². The van der Waals surface area contributed by atoms with E-state index in [9.17, 15) is 4.79 Å². The van der Waals surface area contributed by atoms with Gasteiger partial charge >= 0.3 is 5.97 Å². The van der Waals surface area contributed by atoms with Gasteiger partial charge in [-0.15, -0.1) is 0 Å². The van der Waals surface area contributed by atoms with Gasteiger partial charge in [0.1, 0.15) is 4.83 Å². The summed E-state index contributed by atoms with van der Waals surface area (Å²) in [5.41, 5.74) is 2.21. The molecule has 1 aromatic rings. The lowest BCUT2D eigenvalue weighted by atomic mass is 10.0. The van der Waals surface area contributed by atoms with Gasteiger partial charge < -0.3 is 5.11 Å². The molecular weight excluding hydrogens is 232 g/mol. The van der Waals surface area contributed by atoms with Crippen LogP contribution in [0.3, 0.4) is 0 Å². The molecule has 13 heavy (non-hydrogen) atoms. The second-order valence-electron chi connectivity index (χ2n) is 2.94. The van der Waals surface area contributed by atoms with Crippen molar-refractivity contribution in [2.75, 3.05) is 0 Å². The van der Waals surface area contributed by atoms with Crippen LogP contribution < -0.4 is 0 Å². The molecule has 0 bridgehead atoms. The Morgan fingerprint density at radius 1 is 1.54 bits per heavy atom. The number of carboxylic acid groups (broad SMARTS) is 1. The summed E-state index contributed by atoms with van der Waals surface area (Å²) in [6, 6.07) is 7.80. The molecule has 0 radical (unpaired) electrons. The topological polar surface area (TPSA) is 37.3 Å². The fourth-order valence-corrected chi connectivity index (χ4v) is 1.47. The van der Waals surface area contributed by atoms with Gasteiger partial charge in [-0.05, 0) is 24.5 Å². The van der Waals surface area contributed by atoms with Gasteiger partial charge in [0.15, 0.2) is 0 Å². The highest BCUT2D eigenvalue weighted by Crippen LogP contribution is 2.13. The molecule has 1 aromatic carbocycles. The fourth-order valence-electron chi connectivity index (χ4n) is 1.12. The zero-order valence-electron chi connectivity index (χ0n) is 7.33. The summed E-state index contributed by atoms with van der Waals surface area (Å²) < 4.78 is 0. The van der Waals surface area contributed by atoms with Crippen molar-refractivity contribution in [2.45, 2.75) is 18.2 Å². The summed E-state index contributed by atoms with van der Waals surface area (Å²) >= 11 is 3.11. The number of halogens is 1. The summed E-state index contributed by atoms with van der Waals surface area (Å²) in [5.74, 6) is -0.816. The first kappa shape index (κ1) is 10.3. The zero-order valence-corrected chi connectivity index (χ0v) is 8.91. The van der Waals surface area contributed by atoms with Crippen LogP contribution in [0.15, 0.2) is 24.3 Å². The van der Waals surface area contributed by atoms with E-state index >= 15 is 0 Å². The van der Waals surface area contributed by atoms with E-state index < -0.39 is 10.8 Å². The third kappa shape index (κ3) is 2.84. The van der Waals surface area contributed by atoms with Gasteiger partial charge in [0.2, 0.25) is 0 Å². The van der Waals surface area contributed by atoms with E-state index in [0.29, 0.717) is 6.42 Å². The fraction of sp³-hybridized carbons (Fsp3) is 0.300. The molecule has 0 saturated heterocycles. The molecule has 0 saturated carbocycles. The van der Waals surface area contributed by atoms with Crippen molar-refractivity contribution in [2.24, 2.45) is 0 Å². The highest BCUT2D eigenvalue weighted by atomic mass is 79.9. The Balaban J connectivity index is 2.74. The Labute approximate surface area is 85.7 Å². The molecule has 0 aromatic heterocycles. The quantitative estimate of drug-likeness (QED) is 0.827. The summed E-state index contributed by atoms with van der Waals surface area (Å²) in [4.78, 5) is 10.1. The first-order chi connectivity index (χ1) is 6.11. The molecule has 1 rings (SSSR count). The zero-order chi connectivity index (χ0) is 9.84. The first-order valence-corrected chi connectivity index (χ1v) is 4.94. The van der Waals surface area contributed by atoms with Crippen LogP contribution >= 0.6 is 15.9 Å². The maximum absolute atomic E-state index is 10.6. The molecule has 3 heteroatoms. The molecule has 0 aliphatic heterocycles. The summed E-state index contributed by atoms with van der Waals surface area (Å²) in [5, 5.41) is 8.69. The van der Waals surface area contributed by atoms with Crippen LogP contribution in [-0.2, 0) is 11.2 Å². The number of rotatable bonds is 3. The van der Waals surface area contributed by atoms with Gasteiger partial charge in [0.25, 0.3) is 0 Å². The Morgan fingerprint density at radius 2 is 2.15 bits per heavy atom. The number of alkyl halides is 1. The smallest absolute Gasteiger partial charge is 0.317 e. The van der Waals surface area contributed by atoms with Crippen LogP contribution in [0.4, 0.5) is 0 Å². The van der Waals surface area contributed by atoms with E-state index in [1.165, 1.54) is 0 Å². The van der Waals surface area contributed by atoms with E-state index in [0.717, 1.165) is 11.1 Å². The standard InChI is InChI=1S/C10H11BrO2/c1-7-4-2-3-5-8(7)6-9(11)10(12)13/h2-5,9H,6H2,1H3,(H,12,13)/t9-/m0/s1. The Bertz CT molecular complexity index is 310. The highest BCUT2D eigenvalue weighted by Gasteiger charge is 2.14. The second-order valence-corrected chi connectivity index (χ2v) is 4.04. The van der Waals surface area contributed by atoms with E-state index in [1.54, 1.807) is 0 Å². The number of aryl methyl sites for hydroxylation is 1. The molecule has 0 heterocycles. The molecule has 70 valence electrons. The minimum atomic E-state index is -0.816. The molecule has 0 unspecified atom stereocenters. The molecule has 1 atom stereocenters. The van der Waals surface area contributed by atoms with Crippen LogP contribution in [-0.4, -0.2) is 15.9 Å². The Morgan fingerprint density at radius 3 is 2.69 bits per heavy atom. The SMILES string of the molecule is Cc1ccccc1C[C@H](Br)C(=O)O. The highest BCUT2D eigenvalue weighted by molar-refractivity contribution is 9.10. The molecule has 0 aliphatic rings. The molecule has 2 nitrogen and oxygen atoms in total.